The first kappa shape index (κ1) is 36.4. The molecule has 1 aromatic heterocycles. The van der Waals surface area contributed by atoms with Crippen molar-refractivity contribution in [1.82, 2.24) is 24.8 Å². The molecule has 4 heterocycles. The second-order valence-corrected chi connectivity index (χ2v) is 15.6. The van der Waals surface area contributed by atoms with Crippen LogP contribution < -0.4 is 9.64 Å². The van der Waals surface area contributed by atoms with Crippen LogP contribution in [0.3, 0.4) is 0 Å². The van der Waals surface area contributed by atoms with Gasteiger partial charge >= 0.3 is 0 Å². The molecule has 3 aromatic carbocycles. The zero-order valence-corrected chi connectivity index (χ0v) is 31.0. The number of aromatic nitrogens is 3. The number of thioether (sulfide) groups is 1. The van der Waals surface area contributed by atoms with E-state index in [0.29, 0.717) is 36.4 Å². The van der Waals surface area contributed by atoms with Crippen LogP contribution >= 0.6 is 11.8 Å². The molecule has 2 bridgehead atoms. The van der Waals surface area contributed by atoms with Crippen molar-refractivity contribution in [2.75, 3.05) is 31.2 Å². The topological polar surface area (TPSA) is 121 Å². The smallest absolute Gasteiger partial charge is 0.248 e. The zero-order valence-electron chi connectivity index (χ0n) is 30.2. The lowest BCUT2D eigenvalue weighted by Gasteiger charge is -2.42. The van der Waals surface area contributed by atoms with Crippen LogP contribution in [0.4, 0.5) is 5.69 Å². The van der Waals surface area contributed by atoms with E-state index in [4.69, 9.17) is 4.74 Å². The summed E-state index contributed by atoms with van der Waals surface area (Å²) in [6.45, 7) is 12.6. The molecule has 276 valence electrons. The van der Waals surface area contributed by atoms with Crippen molar-refractivity contribution < 1.29 is 24.2 Å². The molecule has 12 heteroatoms. The number of nitrogens with zero attached hydrogens (tertiary/aromatic N) is 6. The van der Waals surface area contributed by atoms with Crippen molar-refractivity contribution in [3.63, 3.8) is 0 Å². The third-order valence-corrected chi connectivity index (χ3v) is 13.1. The van der Waals surface area contributed by atoms with Gasteiger partial charge in [-0.2, -0.15) is 0 Å². The molecular formula is C41H46N6O5S. The molecule has 0 aliphatic carbocycles. The highest BCUT2D eigenvalue weighted by molar-refractivity contribution is 8.02. The first-order chi connectivity index (χ1) is 25.8. The summed E-state index contributed by atoms with van der Waals surface area (Å²) in [5.41, 5.74) is 3.09. The number of aliphatic hydroxyl groups is 1. The van der Waals surface area contributed by atoms with Gasteiger partial charge in [-0.3, -0.25) is 14.4 Å². The molecule has 3 saturated heterocycles. The molecule has 4 aromatic rings. The number of hydrogen-bond acceptors (Lipinski definition) is 8. The predicted octanol–water partition coefficient (Wildman–Crippen LogP) is 4.96. The number of ether oxygens (including phenoxy) is 1. The van der Waals surface area contributed by atoms with E-state index in [1.54, 1.807) is 43.3 Å². The Hall–Kier alpha value is -4.94. The van der Waals surface area contributed by atoms with Gasteiger partial charge in [0.05, 0.1) is 41.4 Å². The van der Waals surface area contributed by atoms with Crippen LogP contribution in [0, 0.1) is 17.8 Å². The number of benzene rings is 3. The summed E-state index contributed by atoms with van der Waals surface area (Å²) in [5.74, 6) is -1.54. The van der Waals surface area contributed by atoms with E-state index >= 15 is 9.59 Å². The molecule has 7 atom stereocenters. The van der Waals surface area contributed by atoms with Gasteiger partial charge in [0, 0.05) is 24.0 Å². The normalized spacial score (nSPS) is 24.9. The molecule has 11 nitrogen and oxygen atoms in total. The van der Waals surface area contributed by atoms with E-state index < -0.39 is 28.7 Å². The number of likely N-dealkylation sites (tertiary alicyclic amines) is 1. The fourth-order valence-electron chi connectivity index (χ4n) is 8.80. The van der Waals surface area contributed by atoms with Gasteiger partial charge in [0.1, 0.15) is 24.0 Å². The maximum atomic E-state index is 15.3. The maximum absolute atomic E-state index is 15.3. The molecule has 7 rings (SSSR count). The number of hydrogen-bond donors (Lipinski definition) is 1. The van der Waals surface area contributed by atoms with Crippen LogP contribution in [0.25, 0.3) is 11.0 Å². The summed E-state index contributed by atoms with van der Waals surface area (Å²) in [6, 6.07) is 22.9. The van der Waals surface area contributed by atoms with Gasteiger partial charge in [-0.25, -0.2) is 4.68 Å². The Labute approximate surface area is 314 Å². The second kappa shape index (κ2) is 15.2. The minimum Gasteiger partial charge on any atom is -0.494 e. The fourth-order valence-corrected chi connectivity index (χ4v) is 11.2. The first-order valence-electron chi connectivity index (χ1n) is 18.2. The van der Waals surface area contributed by atoms with Gasteiger partial charge in [0.25, 0.3) is 0 Å². The van der Waals surface area contributed by atoms with Crippen LogP contribution in [0.1, 0.15) is 25.8 Å². The van der Waals surface area contributed by atoms with Crippen LogP contribution in [-0.4, -0.2) is 96.0 Å². The van der Waals surface area contributed by atoms with Gasteiger partial charge in [0.15, 0.2) is 0 Å². The molecule has 3 aliphatic rings. The third-order valence-electron chi connectivity index (χ3n) is 11.0. The number of carbonyl (C=O) groups excluding carboxylic acids is 3. The van der Waals surface area contributed by atoms with Crippen LogP contribution in [0.15, 0.2) is 104 Å². The molecule has 1 spiro atoms. The third kappa shape index (κ3) is 6.31. The average molecular weight is 735 g/mol. The van der Waals surface area contributed by atoms with Crippen molar-refractivity contribution in [2.24, 2.45) is 17.8 Å². The van der Waals surface area contributed by atoms with Crippen molar-refractivity contribution in [2.45, 2.75) is 55.4 Å². The number of rotatable bonds is 15. The molecule has 3 aliphatic heterocycles. The van der Waals surface area contributed by atoms with Crippen molar-refractivity contribution in [3.8, 4) is 5.75 Å². The van der Waals surface area contributed by atoms with Crippen molar-refractivity contribution in [3.05, 3.63) is 110 Å². The molecule has 0 radical (unpaired) electrons. The Bertz CT molecular complexity index is 1990. The van der Waals surface area contributed by atoms with Gasteiger partial charge in [-0.15, -0.1) is 30.0 Å². The molecule has 3 amide bonds. The lowest BCUT2D eigenvalue weighted by atomic mass is 9.65. The maximum Gasteiger partial charge on any atom is 0.248 e. The van der Waals surface area contributed by atoms with Gasteiger partial charge in [0.2, 0.25) is 17.7 Å². The van der Waals surface area contributed by atoms with Gasteiger partial charge < -0.3 is 24.5 Å². The number of carbonyl (C=O) groups is 3. The SMILES string of the molecule is C=CCN(Cn1nnc2ccccc21)C(=O)C1N([C@@H](CO)Cc2ccccc2)C(=O)[C@@H]2[C@@H](C(=O)N(CC=C)c3ccc(OCC)cc3)[C@H]3CC(C)C12S3. The summed E-state index contributed by atoms with van der Waals surface area (Å²) in [4.78, 5) is 50.4. The Morgan fingerprint density at radius 2 is 1.75 bits per heavy atom. The fraction of sp³-hybridized carbons (Fsp3) is 0.390. The summed E-state index contributed by atoms with van der Waals surface area (Å²) in [5, 5.41) is 19.5. The summed E-state index contributed by atoms with van der Waals surface area (Å²) in [7, 11) is 0. The lowest BCUT2D eigenvalue weighted by molar-refractivity contribution is -0.146. The van der Waals surface area contributed by atoms with Crippen molar-refractivity contribution in [1.29, 1.82) is 0 Å². The highest BCUT2D eigenvalue weighted by atomic mass is 32.2. The van der Waals surface area contributed by atoms with E-state index in [1.807, 2.05) is 85.8 Å². The van der Waals surface area contributed by atoms with E-state index in [-0.39, 0.29) is 55.3 Å². The monoisotopic (exact) mass is 734 g/mol. The van der Waals surface area contributed by atoms with Crippen LogP contribution in [0.2, 0.25) is 0 Å². The molecule has 0 saturated carbocycles. The second-order valence-electron chi connectivity index (χ2n) is 14.1. The van der Waals surface area contributed by atoms with Gasteiger partial charge in [-0.1, -0.05) is 66.8 Å². The van der Waals surface area contributed by atoms with E-state index in [1.165, 1.54) is 0 Å². The summed E-state index contributed by atoms with van der Waals surface area (Å²) >= 11 is 1.61. The highest BCUT2D eigenvalue weighted by Crippen LogP contribution is 2.69. The minimum atomic E-state index is -0.947. The lowest BCUT2D eigenvalue weighted by Crippen LogP contribution is -2.59. The van der Waals surface area contributed by atoms with Gasteiger partial charge in [-0.05, 0) is 67.6 Å². The Morgan fingerprint density at radius 1 is 1.04 bits per heavy atom. The quantitative estimate of drug-likeness (QED) is 0.170. The van der Waals surface area contributed by atoms with E-state index in [0.717, 1.165) is 11.1 Å². The Kier molecular flexibility index (Phi) is 10.4. The molecular weight excluding hydrogens is 689 g/mol. The largest absolute Gasteiger partial charge is 0.494 e. The molecule has 3 fully saturated rings. The standard InChI is InChI=1S/C41H46N6O5S/c1-5-21-44(26-46-33-16-12-11-15-32(33)42-43-46)40(51)37-41-27(4)23-34(53-41)35(38(49)45(22-6-2)29-17-19-31(20-18-29)52-7-3)36(41)39(50)47(37)30(25-48)24-28-13-9-8-10-14-28/h5-6,8-20,27,30,34-37,48H,1-2,7,21-26H2,3-4H3/t27?,30-,34-,35+,36+,37?,41?/m1/s1. The average Bonchev–Trinajstić information content (AvgIpc) is 3.90. The first-order valence-corrected chi connectivity index (χ1v) is 19.1. The molecule has 53 heavy (non-hydrogen) atoms. The number of amides is 3. The Morgan fingerprint density at radius 3 is 2.45 bits per heavy atom. The number of fused-ring (bicyclic) bond motifs is 2. The highest BCUT2D eigenvalue weighted by Gasteiger charge is 2.77. The van der Waals surface area contributed by atoms with Crippen LogP contribution in [0.5, 0.6) is 5.75 Å². The van der Waals surface area contributed by atoms with Crippen LogP contribution in [-0.2, 0) is 27.5 Å². The molecule has 3 unspecified atom stereocenters. The summed E-state index contributed by atoms with van der Waals surface area (Å²) < 4.78 is 6.42. The minimum absolute atomic E-state index is 0.0679. The van der Waals surface area contributed by atoms with E-state index in [2.05, 4.69) is 30.4 Å². The van der Waals surface area contributed by atoms with Crippen molar-refractivity contribution >= 4 is 46.2 Å². The number of anilines is 1. The Balaban J connectivity index is 1.30. The van der Waals surface area contributed by atoms with E-state index in [9.17, 15) is 9.90 Å². The molecule has 1 N–H and O–H groups in total. The predicted molar refractivity (Wildman–Crippen MR) is 206 cm³/mol. The number of para-hydroxylation sites is 1. The summed E-state index contributed by atoms with van der Waals surface area (Å²) in [6.07, 6.45) is 4.37. The number of aliphatic hydroxyl groups excluding tert-OH is 1. The zero-order chi connectivity index (χ0) is 37.3.